The van der Waals surface area contributed by atoms with Gasteiger partial charge in [-0.15, -0.1) is 0 Å². The topological polar surface area (TPSA) is 37.3 Å². The standard InChI is InChI=1S/C3H6O2.Pb.2H/c1-2-3(4)5;;;/h2H2,1H3,(H,4,5);;;. The summed E-state index contributed by atoms with van der Waals surface area (Å²) in [6.45, 7) is 1.60. The van der Waals surface area contributed by atoms with Gasteiger partial charge in [-0.05, 0) is 0 Å². The van der Waals surface area contributed by atoms with Crippen LogP contribution in [0.5, 0.6) is 0 Å². The van der Waals surface area contributed by atoms with Crippen LogP contribution in [0.4, 0.5) is 0 Å². The monoisotopic (exact) mass is 284 g/mol. The van der Waals surface area contributed by atoms with E-state index in [0.29, 0.717) is 0 Å². The first-order valence-corrected chi connectivity index (χ1v) is 1.49. The third kappa shape index (κ3) is 8.83. The molecule has 0 aliphatic heterocycles. The molecule has 0 aromatic carbocycles. The van der Waals surface area contributed by atoms with Crippen LogP contribution in [0.15, 0.2) is 0 Å². The quantitative estimate of drug-likeness (QED) is 0.663. The number of hydrogen-bond acceptors (Lipinski definition) is 1. The molecule has 0 rings (SSSR count). The number of carboxylic acid groups (broad SMARTS) is 1. The Morgan fingerprint density at radius 1 is 1.83 bits per heavy atom. The van der Waals surface area contributed by atoms with E-state index in [4.69, 9.17) is 5.11 Å². The molecule has 0 aliphatic carbocycles. The van der Waals surface area contributed by atoms with Gasteiger partial charge in [0.25, 0.3) is 0 Å². The Hall–Kier alpha value is 0.392. The fourth-order valence-electron chi connectivity index (χ4n) is 0. The zero-order valence-corrected chi connectivity index (χ0v) is 9.27. The predicted molar refractivity (Wildman–Crippen MR) is 26.5 cm³/mol. The van der Waals surface area contributed by atoms with Crippen LogP contribution in [-0.2, 0) is 4.79 Å². The summed E-state index contributed by atoms with van der Waals surface area (Å²) < 4.78 is 0. The zero-order chi connectivity index (χ0) is 4.28. The first kappa shape index (κ1) is 9.63. The van der Waals surface area contributed by atoms with Gasteiger partial charge in [-0.1, -0.05) is 6.92 Å². The van der Waals surface area contributed by atoms with Gasteiger partial charge >= 0.3 is 33.3 Å². The summed E-state index contributed by atoms with van der Waals surface area (Å²) >= 11 is 0. The molecule has 0 bridgehead atoms. The molecule has 0 fully saturated rings. The molecule has 0 amide bonds. The van der Waals surface area contributed by atoms with Crippen molar-refractivity contribution < 1.29 is 9.90 Å². The first-order valence-electron chi connectivity index (χ1n) is 1.49. The summed E-state index contributed by atoms with van der Waals surface area (Å²) in [7, 11) is 0. The van der Waals surface area contributed by atoms with Crippen molar-refractivity contribution in [2.24, 2.45) is 0 Å². The van der Waals surface area contributed by atoms with E-state index in [2.05, 4.69) is 0 Å². The van der Waals surface area contributed by atoms with E-state index >= 15 is 0 Å². The Kier molecular flexibility index (Phi) is 8.66. The van der Waals surface area contributed by atoms with Crippen LogP contribution < -0.4 is 0 Å². The van der Waals surface area contributed by atoms with E-state index in [-0.39, 0.29) is 33.7 Å². The molecule has 1 N–H and O–H groups in total. The summed E-state index contributed by atoms with van der Waals surface area (Å²) in [6.07, 6.45) is 0.222. The van der Waals surface area contributed by atoms with Crippen LogP contribution in [0, 0.1) is 0 Å². The summed E-state index contributed by atoms with van der Waals surface area (Å²) in [5.74, 6) is -0.745. The van der Waals surface area contributed by atoms with Gasteiger partial charge in [0.1, 0.15) is 0 Å². The average Bonchev–Trinajstić information content (AvgIpc) is 1.38. The van der Waals surface area contributed by atoms with Gasteiger partial charge in [0.2, 0.25) is 0 Å². The maximum absolute atomic E-state index is 9.37. The Labute approximate surface area is 56.7 Å². The average molecular weight is 283 g/mol. The minimum atomic E-state index is -0.745. The molecule has 36 valence electrons. The Balaban J connectivity index is 0. The van der Waals surface area contributed by atoms with Gasteiger partial charge in [0.15, 0.2) is 0 Å². The molecule has 0 aliphatic rings. The summed E-state index contributed by atoms with van der Waals surface area (Å²) in [4.78, 5) is 9.37. The molecule has 0 saturated heterocycles. The SMILES string of the molecule is CCC(=O)O.[PbH2]. The fourth-order valence-corrected chi connectivity index (χ4v) is 0. The minimum absolute atomic E-state index is 0. The summed E-state index contributed by atoms with van der Waals surface area (Å²) in [6, 6.07) is 0. The number of hydrogen-bond donors (Lipinski definition) is 1. The molecular weight excluding hydrogens is 275 g/mol. The van der Waals surface area contributed by atoms with Crippen LogP contribution in [0.25, 0.3) is 0 Å². The second-order valence-corrected chi connectivity index (χ2v) is 0.747. The van der Waals surface area contributed by atoms with Crippen molar-refractivity contribution >= 4 is 33.3 Å². The number of carbonyl (C=O) groups is 1. The molecule has 0 atom stereocenters. The zero-order valence-electron chi connectivity index (χ0n) is 3.77. The molecule has 0 aromatic rings. The fraction of sp³-hybridized carbons (Fsp3) is 0.667. The van der Waals surface area contributed by atoms with Gasteiger partial charge in [0, 0.05) is 6.42 Å². The molecule has 0 heterocycles. The summed E-state index contributed by atoms with van der Waals surface area (Å²) in [5.41, 5.74) is 0. The molecule has 6 heavy (non-hydrogen) atoms. The second kappa shape index (κ2) is 5.39. The molecule has 0 unspecified atom stereocenters. The van der Waals surface area contributed by atoms with Gasteiger partial charge < -0.3 is 5.11 Å². The first-order chi connectivity index (χ1) is 2.27. The van der Waals surface area contributed by atoms with Crippen LogP contribution >= 0.6 is 0 Å². The molecule has 2 radical (unpaired) electrons. The van der Waals surface area contributed by atoms with Crippen LogP contribution in [0.2, 0.25) is 0 Å². The van der Waals surface area contributed by atoms with Gasteiger partial charge in [-0.3, -0.25) is 4.79 Å². The van der Waals surface area contributed by atoms with Crippen molar-refractivity contribution in [3.63, 3.8) is 0 Å². The van der Waals surface area contributed by atoms with E-state index in [1.165, 1.54) is 0 Å². The Bertz CT molecular complexity index is 44.1. The van der Waals surface area contributed by atoms with Crippen molar-refractivity contribution in [2.75, 3.05) is 0 Å². The van der Waals surface area contributed by atoms with E-state index in [1.54, 1.807) is 6.92 Å². The van der Waals surface area contributed by atoms with E-state index in [0.717, 1.165) is 0 Å². The molecule has 2 nitrogen and oxygen atoms in total. The van der Waals surface area contributed by atoms with Gasteiger partial charge in [0.05, 0.1) is 0 Å². The molecule has 3 heteroatoms. The molecule has 0 spiro atoms. The van der Waals surface area contributed by atoms with Gasteiger partial charge in [-0.25, -0.2) is 0 Å². The van der Waals surface area contributed by atoms with Crippen LogP contribution in [-0.4, -0.2) is 38.4 Å². The van der Waals surface area contributed by atoms with Crippen molar-refractivity contribution in [3.8, 4) is 0 Å². The van der Waals surface area contributed by atoms with Crippen molar-refractivity contribution in [3.05, 3.63) is 0 Å². The molecule has 0 aromatic heterocycles. The van der Waals surface area contributed by atoms with Crippen LogP contribution in [0.1, 0.15) is 13.3 Å². The number of aliphatic carboxylic acids is 1. The van der Waals surface area contributed by atoms with E-state index < -0.39 is 5.97 Å². The third-order valence-corrected chi connectivity index (χ3v) is 0.302. The normalized spacial score (nSPS) is 6.17. The Morgan fingerprint density at radius 2 is 2.00 bits per heavy atom. The number of carboxylic acids is 1. The summed E-state index contributed by atoms with van der Waals surface area (Å²) in [5, 5.41) is 7.72. The predicted octanol–water partition coefficient (Wildman–Crippen LogP) is -0.435. The van der Waals surface area contributed by atoms with E-state index in [9.17, 15) is 4.79 Å². The van der Waals surface area contributed by atoms with E-state index in [1.807, 2.05) is 0 Å². The molecular formula is C3H8O2Pb. The van der Waals surface area contributed by atoms with Crippen molar-refractivity contribution in [1.29, 1.82) is 0 Å². The van der Waals surface area contributed by atoms with Crippen molar-refractivity contribution in [1.82, 2.24) is 0 Å². The second-order valence-electron chi connectivity index (χ2n) is 0.747. The molecule has 0 saturated carbocycles. The van der Waals surface area contributed by atoms with Crippen LogP contribution in [0.3, 0.4) is 0 Å². The van der Waals surface area contributed by atoms with Crippen molar-refractivity contribution in [2.45, 2.75) is 13.3 Å². The Morgan fingerprint density at radius 3 is 2.00 bits per heavy atom. The third-order valence-electron chi connectivity index (χ3n) is 0.302. The maximum atomic E-state index is 9.37. The number of rotatable bonds is 1. The van der Waals surface area contributed by atoms with Gasteiger partial charge in [-0.2, -0.15) is 0 Å².